The molecule has 0 aromatic carbocycles. The first kappa shape index (κ1) is 6.78. The van der Waals surface area contributed by atoms with Gasteiger partial charge < -0.3 is 9.84 Å². The van der Waals surface area contributed by atoms with Gasteiger partial charge in [0.2, 0.25) is 0 Å². The molecule has 1 aliphatic rings. The Morgan fingerprint density at radius 3 is 3.11 bits per heavy atom. The third kappa shape index (κ3) is 2.16. The molecular weight excluding hydrogens is 116 g/mol. The van der Waals surface area contributed by atoms with Gasteiger partial charge in [0.25, 0.3) is 0 Å². The highest BCUT2D eigenvalue weighted by Gasteiger charge is 2.10. The Kier molecular flexibility index (Phi) is 2.74. The molecule has 0 bridgehead atoms. The maximum Gasteiger partial charge on any atom is 0.0612 e. The second kappa shape index (κ2) is 3.64. The molecule has 1 rings (SSSR count). The van der Waals surface area contributed by atoms with E-state index in [9.17, 15) is 0 Å². The van der Waals surface area contributed by atoms with Crippen molar-refractivity contribution in [2.45, 2.75) is 6.42 Å². The topological polar surface area (TPSA) is 29.5 Å². The molecule has 2 heteroatoms. The summed E-state index contributed by atoms with van der Waals surface area (Å²) in [6.07, 6.45) is 4.91. The average Bonchev–Trinajstić information content (AvgIpc) is 2.34. The first-order valence-electron chi connectivity index (χ1n) is 3.28. The van der Waals surface area contributed by atoms with Crippen LogP contribution in [0.2, 0.25) is 0 Å². The summed E-state index contributed by atoms with van der Waals surface area (Å²) in [6.45, 7) is 1.85. The Bertz CT molecular complexity index is 93.1. The molecule has 1 N–H and O–H groups in total. The van der Waals surface area contributed by atoms with E-state index in [0.29, 0.717) is 5.92 Å². The Hall–Kier alpha value is -0.340. The van der Waals surface area contributed by atoms with Crippen LogP contribution in [-0.4, -0.2) is 24.9 Å². The van der Waals surface area contributed by atoms with Crippen LogP contribution in [0.5, 0.6) is 0 Å². The van der Waals surface area contributed by atoms with Crippen LogP contribution in [0.4, 0.5) is 0 Å². The van der Waals surface area contributed by atoms with Crippen LogP contribution in [0.1, 0.15) is 6.42 Å². The van der Waals surface area contributed by atoms with Crippen LogP contribution < -0.4 is 0 Å². The van der Waals surface area contributed by atoms with Gasteiger partial charge in [-0.1, -0.05) is 12.2 Å². The van der Waals surface area contributed by atoms with Crippen LogP contribution in [0.3, 0.4) is 0 Å². The summed E-state index contributed by atoms with van der Waals surface area (Å²) in [5.41, 5.74) is 0. The van der Waals surface area contributed by atoms with Crippen molar-refractivity contribution >= 4 is 0 Å². The maximum absolute atomic E-state index is 8.40. The molecule has 1 aliphatic heterocycles. The lowest BCUT2D eigenvalue weighted by Crippen LogP contribution is -1.93. The fourth-order valence-corrected chi connectivity index (χ4v) is 0.958. The highest BCUT2D eigenvalue weighted by atomic mass is 16.5. The zero-order valence-electron chi connectivity index (χ0n) is 5.42. The van der Waals surface area contributed by atoms with Gasteiger partial charge in [0.15, 0.2) is 0 Å². The third-order valence-corrected chi connectivity index (χ3v) is 1.48. The third-order valence-electron chi connectivity index (χ3n) is 1.48. The van der Waals surface area contributed by atoms with Crippen LogP contribution in [0.15, 0.2) is 12.2 Å². The Morgan fingerprint density at radius 2 is 2.56 bits per heavy atom. The van der Waals surface area contributed by atoms with E-state index in [0.717, 1.165) is 19.6 Å². The van der Waals surface area contributed by atoms with Gasteiger partial charge in [-0.2, -0.15) is 0 Å². The lowest BCUT2D eigenvalue weighted by molar-refractivity contribution is 0.191. The SMILES string of the molecule is OCC=CC1CCOC1. The molecule has 1 fully saturated rings. The minimum absolute atomic E-state index is 0.149. The number of ether oxygens (including phenoxy) is 1. The van der Waals surface area contributed by atoms with E-state index < -0.39 is 0 Å². The van der Waals surface area contributed by atoms with Crippen molar-refractivity contribution in [1.82, 2.24) is 0 Å². The molecule has 0 aliphatic carbocycles. The molecule has 1 atom stereocenters. The van der Waals surface area contributed by atoms with Crippen molar-refractivity contribution in [3.8, 4) is 0 Å². The Morgan fingerprint density at radius 1 is 1.67 bits per heavy atom. The van der Waals surface area contributed by atoms with E-state index in [1.165, 1.54) is 0 Å². The molecule has 0 aromatic heterocycles. The van der Waals surface area contributed by atoms with Gasteiger partial charge in [0, 0.05) is 12.5 Å². The van der Waals surface area contributed by atoms with Crippen molar-refractivity contribution in [3.63, 3.8) is 0 Å². The highest BCUT2D eigenvalue weighted by molar-refractivity contribution is 4.89. The first-order chi connectivity index (χ1) is 4.43. The highest BCUT2D eigenvalue weighted by Crippen LogP contribution is 2.12. The fraction of sp³-hybridized carbons (Fsp3) is 0.714. The molecule has 0 saturated carbocycles. The van der Waals surface area contributed by atoms with Gasteiger partial charge in [-0.25, -0.2) is 0 Å². The van der Waals surface area contributed by atoms with Crippen LogP contribution >= 0.6 is 0 Å². The molecule has 1 unspecified atom stereocenters. The molecule has 0 radical (unpaired) electrons. The van der Waals surface area contributed by atoms with E-state index in [1.54, 1.807) is 6.08 Å². The zero-order chi connectivity index (χ0) is 6.53. The number of aliphatic hydroxyl groups is 1. The monoisotopic (exact) mass is 128 g/mol. The molecule has 0 aromatic rings. The van der Waals surface area contributed by atoms with Crippen LogP contribution in [-0.2, 0) is 4.74 Å². The summed E-state index contributed by atoms with van der Waals surface area (Å²) < 4.78 is 5.12. The van der Waals surface area contributed by atoms with E-state index in [2.05, 4.69) is 0 Å². The molecular formula is C7H12O2. The molecule has 9 heavy (non-hydrogen) atoms. The molecule has 0 spiro atoms. The minimum Gasteiger partial charge on any atom is -0.392 e. The summed E-state index contributed by atoms with van der Waals surface area (Å²) >= 11 is 0. The van der Waals surface area contributed by atoms with Crippen molar-refractivity contribution < 1.29 is 9.84 Å². The van der Waals surface area contributed by atoms with E-state index >= 15 is 0 Å². The van der Waals surface area contributed by atoms with Gasteiger partial charge in [-0.3, -0.25) is 0 Å². The van der Waals surface area contributed by atoms with Crippen molar-refractivity contribution in [1.29, 1.82) is 0 Å². The summed E-state index contributed by atoms with van der Waals surface area (Å²) in [4.78, 5) is 0. The summed E-state index contributed by atoms with van der Waals surface area (Å²) in [5.74, 6) is 0.553. The largest absolute Gasteiger partial charge is 0.392 e. The van der Waals surface area contributed by atoms with Gasteiger partial charge >= 0.3 is 0 Å². The predicted octanol–water partition coefficient (Wildman–Crippen LogP) is 0.571. The van der Waals surface area contributed by atoms with Gasteiger partial charge in [0.05, 0.1) is 13.2 Å². The van der Waals surface area contributed by atoms with Crippen molar-refractivity contribution in [2.24, 2.45) is 5.92 Å². The normalized spacial score (nSPS) is 27.9. The molecule has 52 valence electrons. The summed E-state index contributed by atoms with van der Waals surface area (Å²) in [5, 5.41) is 8.40. The van der Waals surface area contributed by atoms with Crippen molar-refractivity contribution in [3.05, 3.63) is 12.2 Å². The molecule has 1 heterocycles. The summed E-state index contributed by atoms with van der Waals surface area (Å²) in [7, 11) is 0. The maximum atomic E-state index is 8.40. The average molecular weight is 128 g/mol. The van der Waals surface area contributed by atoms with E-state index in [1.807, 2.05) is 6.08 Å². The second-order valence-electron chi connectivity index (χ2n) is 2.23. The predicted molar refractivity (Wildman–Crippen MR) is 35.2 cm³/mol. The lowest BCUT2D eigenvalue weighted by Gasteiger charge is -1.95. The van der Waals surface area contributed by atoms with Gasteiger partial charge in [-0.05, 0) is 6.42 Å². The fourth-order valence-electron chi connectivity index (χ4n) is 0.958. The number of hydrogen-bond acceptors (Lipinski definition) is 2. The zero-order valence-corrected chi connectivity index (χ0v) is 5.42. The summed E-state index contributed by atoms with van der Waals surface area (Å²) in [6, 6.07) is 0. The minimum atomic E-state index is 0.149. The Labute approximate surface area is 55.1 Å². The standard InChI is InChI=1S/C7H12O2/c8-4-1-2-7-3-5-9-6-7/h1-2,7-8H,3-6H2. The van der Waals surface area contributed by atoms with Gasteiger partial charge in [-0.15, -0.1) is 0 Å². The Balaban J connectivity index is 2.18. The number of rotatable bonds is 2. The number of hydrogen-bond donors (Lipinski definition) is 1. The molecule has 2 nitrogen and oxygen atoms in total. The van der Waals surface area contributed by atoms with E-state index in [4.69, 9.17) is 9.84 Å². The van der Waals surface area contributed by atoms with Crippen molar-refractivity contribution in [2.75, 3.05) is 19.8 Å². The first-order valence-corrected chi connectivity index (χ1v) is 3.28. The number of aliphatic hydroxyl groups excluding tert-OH is 1. The quantitative estimate of drug-likeness (QED) is 0.551. The molecule has 0 amide bonds. The molecule has 1 saturated heterocycles. The van der Waals surface area contributed by atoms with Crippen LogP contribution in [0, 0.1) is 5.92 Å². The lowest BCUT2D eigenvalue weighted by atomic mass is 10.1. The van der Waals surface area contributed by atoms with Crippen LogP contribution in [0.25, 0.3) is 0 Å². The van der Waals surface area contributed by atoms with E-state index in [-0.39, 0.29) is 6.61 Å². The second-order valence-corrected chi connectivity index (χ2v) is 2.23. The smallest absolute Gasteiger partial charge is 0.0612 e. The van der Waals surface area contributed by atoms with Gasteiger partial charge in [0.1, 0.15) is 0 Å².